The summed E-state index contributed by atoms with van der Waals surface area (Å²) in [6.07, 6.45) is 6.96. The Labute approximate surface area is 379 Å². The highest BCUT2D eigenvalue weighted by atomic mass is 16.6. The number of benzene rings is 2. The van der Waals surface area contributed by atoms with Crippen molar-refractivity contribution in [2.45, 2.75) is 143 Å². The molecule has 0 radical (unpaired) electrons. The van der Waals surface area contributed by atoms with Gasteiger partial charge in [0.1, 0.15) is 34.9 Å². The van der Waals surface area contributed by atoms with Crippen LogP contribution in [0.3, 0.4) is 0 Å². The van der Waals surface area contributed by atoms with Crippen LogP contribution in [0.15, 0.2) is 60.9 Å². The van der Waals surface area contributed by atoms with Gasteiger partial charge in [-0.05, 0) is 114 Å². The number of carbonyl (C=O) groups excluding carboxylic acids is 4. The zero-order valence-corrected chi connectivity index (χ0v) is 40.0. The summed E-state index contributed by atoms with van der Waals surface area (Å²) in [5.74, 6) is 1.69. The van der Waals surface area contributed by atoms with Crippen molar-refractivity contribution in [1.29, 1.82) is 0 Å². The molecule has 0 unspecified atom stereocenters. The van der Waals surface area contributed by atoms with E-state index in [0.717, 1.165) is 71.0 Å². The summed E-state index contributed by atoms with van der Waals surface area (Å²) in [6, 6.07) is 14.9. The zero-order valence-electron chi connectivity index (χ0n) is 40.0. The monoisotopic (exact) mass is 879 g/mol. The fourth-order valence-electron chi connectivity index (χ4n) is 8.67. The summed E-state index contributed by atoms with van der Waals surface area (Å²) in [5, 5.41) is 0. The molecule has 2 aliphatic heterocycles. The van der Waals surface area contributed by atoms with Crippen molar-refractivity contribution in [1.82, 2.24) is 39.5 Å². The molecule has 14 heteroatoms. The molecular formula is C50H70N8O6. The third kappa shape index (κ3) is 11.5. The van der Waals surface area contributed by atoms with E-state index < -0.39 is 35.5 Å². The van der Waals surface area contributed by atoms with Gasteiger partial charge in [-0.2, -0.15) is 0 Å². The van der Waals surface area contributed by atoms with E-state index in [9.17, 15) is 19.2 Å². The van der Waals surface area contributed by atoms with E-state index in [0.29, 0.717) is 25.9 Å². The third-order valence-corrected chi connectivity index (χ3v) is 11.9. The zero-order chi connectivity index (χ0) is 46.7. The van der Waals surface area contributed by atoms with Crippen molar-refractivity contribution < 1.29 is 28.7 Å². The van der Waals surface area contributed by atoms with Gasteiger partial charge in [0, 0.05) is 27.2 Å². The molecule has 2 N–H and O–H groups in total. The molecular weight excluding hydrogens is 809 g/mol. The molecule has 4 aromatic rings. The van der Waals surface area contributed by atoms with Crippen molar-refractivity contribution in [3.8, 4) is 33.6 Å². The van der Waals surface area contributed by atoms with Gasteiger partial charge in [0.15, 0.2) is 0 Å². The number of imidazole rings is 2. The number of aromatic nitrogens is 4. The van der Waals surface area contributed by atoms with Crippen molar-refractivity contribution in [2.24, 2.45) is 11.8 Å². The molecule has 2 saturated heterocycles. The van der Waals surface area contributed by atoms with Gasteiger partial charge >= 0.3 is 12.2 Å². The lowest BCUT2D eigenvalue weighted by molar-refractivity contribution is -0.138. The maximum Gasteiger partial charge on any atom is 0.410 e. The summed E-state index contributed by atoms with van der Waals surface area (Å²) in [6.45, 7) is 20.4. The first kappa shape index (κ1) is 47.8. The fourth-order valence-corrected chi connectivity index (χ4v) is 8.67. The number of aromatic amines is 2. The second kappa shape index (κ2) is 19.6. The van der Waals surface area contributed by atoms with Gasteiger partial charge in [0.25, 0.3) is 0 Å². The van der Waals surface area contributed by atoms with E-state index in [2.05, 4.69) is 86.2 Å². The van der Waals surface area contributed by atoms with Gasteiger partial charge in [0.2, 0.25) is 11.8 Å². The van der Waals surface area contributed by atoms with E-state index >= 15 is 0 Å². The topological polar surface area (TPSA) is 157 Å². The van der Waals surface area contributed by atoms with Crippen LogP contribution in [0.2, 0.25) is 0 Å². The van der Waals surface area contributed by atoms with Crippen molar-refractivity contribution in [3.63, 3.8) is 0 Å². The number of carbonyl (C=O) groups is 4. The highest BCUT2D eigenvalue weighted by molar-refractivity contribution is 5.87. The van der Waals surface area contributed by atoms with E-state index in [-0.39, 0.29) is 35.7 Å². The number of amides is 4. The predicted molar refractivity (Wildman–Crippen MR) is 249 cm³/mol. The van der Waals surface area contributed by atoms with E-state index in [4.69, 9.17) is 19.4 Å². The lowest BCUT2D eigenvalue weighted by atomic mass is 10.0. The summed E-state index contributed by atoms with van der Waals surface area (Å²) >= 11 is 0. The number of hydrogen-bond acceptors (Lipinski definition) is 8. The molecule has 2 aromatic carbocycles. The molecule has 0 aliphatic carbocycles. The van der Waals surface area contributed by atoms with Gasteiger partial charge in [-0.15, -0.1) is 0 Å². The Bertz CT molecular complexity index is 2070. The maximum absolute atomic E-state index is 14.1. The SMILES string of the molecule is CC(C)C[C@@H](C(=O)N1CCC[C@H]1c1ncc(-c2ccc(-c3ccc(-c4cnc([C@@H]5CCCN5C(=O)[C@H](CC(C)C)N(C)C(=O)OC(C)(C)C)[nH]4)cc3)cc2)[nH]1)N(C)C(=O)OC(C)(C)C. The molecule has 2 fully saturated rings. The van der Waals surface area contributed by atoms with E-state index in [1.165, 1.54) is 9.80 Å². The molecule has 0 saturated carbocycles. The highest BCUT2D eigenvalue weighted by Gasteiger charge is 2.41. The molecule has 64 heavy (non-hydrogen) atoms. The maximum atomic E-state index is 14.1. The largest absolute Gasteiger partial charge is 0.444 e. The van der Waals surface area contributed by atoms with E-state index in [1.54, 1.807) is 14.1 Å². The number of nitrogens with zero attached hydrogens (tertiary/aromatic N) is 6. The van der Waals surface area contributed by atoms with Crippen LogP contribution in [0, 0.1) is 11.8 Å². The Balaban J connectivity index is 1.11. The van der Waals surface area contributed by atoms with Gasteiger partial charge < -0.3 is 29.2 Å². The van der Waals surface area contributed by atoms with Crippen LogP contribution >= 0.6 is 0 Å². The Morgan fingerprint density at radius 3 is 1.25 bits per heavy atom. The number of likely N-dealkylation sites (tertiary alicyclic amines) is 2. The second-order valence-electron chi connectivity index (χ2n) is 20.4. The summed E-state index contributed by atoms with van der Waals surface area (Å²) < 4.78 is 11.3. The minimum absolute atomic E-state index is 0.0880. The highest BCUT2D eigenvalue weighted by Crippen LogP contribution is 2.36. The molecule has 0 spiro atoms. The number of ether oxygens (including phenoxy) is 2. The summed E-state index contributed by atoms with van der Waals surface area (Å²) in [4.78, 5) is 77.5. The van der Waals surface area contributed by atoms with Crippen molar-refractivity contribution in [2.75, 3.05) is 27.2 Å². The van der Waals surface area contributed by atoms with E-state index in [1.807, 2.05) is 63.7 Å². The number of nitrogens with one attached hydrogen (secondary N) is 2. The first-order valence-electron chi connectivity index (χ1n) is 22.9. The lowest BCUT2D eigenvalue weighted by Crippen LogP contribution is -2.51. The van der Waals surface area contributed by atoms with Crippen LogP contribution in [-0.2, 0) is 19.1 Å². The smallest absolute Gasteiger partial charge is 0.410 e. The van der Waals surface area contributed by atoms with Crippen LogP contribution in [-0.4, -0.2) is 114 Å². The molecule has 346 valence electrons. The average Bonchev–Trinajstić information content (AvgIpc) is 4.07. The van der Waals surface area contributed by atoms with Crippen LogP contribution in [0.4, 0.5) is 9.59 Å². The van der Waals surface area contributed by atoms with Crippen molar-refractivity contribution in [3.05, 3.63) is 72.6 Å². The average molecular weight is 879 g/mol. The minimum Gasteiger partial charge on any atom is -0.444 e. The number of likely N-dealkylation sites (N-methyl/N-ethyl adjacent to an activating group) is 2. The summed E-state index contributed by atoms with van der Waals surface area (Å²) in [7, 11) is 3.30. The predicted octanol–water partition coefficient (Wildman–Crippen LogP) is 10.0. The number of H-pyrrole nitrogens is 2. The molecule has 6 rings (SSSR count). The normalized spacial score (nSPS) is 17.8. The fraction of sp³-hybridized carbons (Fsp3) is 0.560. The number of rotatable bonds is 13. The minimum atomic E-state index is -0.666. The molecule has 4 atom stereocenters. The Morgan fingerprint density at radius 2 is 0.938 bits per heavy atom. The van der Waals surface area contributed by atoms with Crippen LogP contribution < -0.4 is 0 Å². The van der Waals surface area contributed by atoms with Crippen molar-refractivity contribution >= 4 is 24.0 Å². The Hall–Kier alpha value is -5.66. The number of hydrogen-bond donors (Lipinski definition) is 2. The molecule has 2 aliphatic rings. The molecule has 14 nitrogen and oxygen atoms in total. The third-order valence-electron chi connectivity index (χ3n) is 11.9. The lowest BCUT2D eigenvalue weighted by Gasteiger charge is -2.34. The van der Waals surface area contributed by atoms with Crippen LogP contribution in [0.1, 0.15) is 131 Å². The second-order valence-corrected chi connectivity index (χ2v) is 20.4. The molecule has 0 bridgehead atoms. The standard InChI is InChI=1S/C50H70N8O6/c1-31(2)27-41(55(11)47(61)63-49(5,6)7)45(59)57-25-13-15-39(57)43-51-29-37(53-43)35-21-17-33(18-22-35)34-19-23-36(24-20-34)38-30-52-44(54-38)40-16-14-26-58(40)46(60)42(28-32(3)4)56(12)48(62)64-50(8,9)10/h17-24,29-32,39-42H,13-16,25-28H2,1-12H3,(H,51,53)(H,52,54)/t39-,40-,41-,42-/m0/s1. The van der Waals surface area contributed by atoms with Gasteiger partial charge in [-0.1, -0.05) is 76.2 Å². The van der Waals surface area contributed by atoms with Gasteiger partial charge in [-0.3, -0.25) is 19.4 Å². The quantitative estimate of drug-likeness (QED) is 0.134. The Kier molecular flexibility index (Phi) is 14.6. The molecule has 4 amide bonds. The summed E-state index contributed by atoms with van der Waals surface area (Å²) in [5.41, 5.74) is 4.48. The molecule has 4 heterocycles. The van der Waals surface area contributed by atoms with Gasteiger partial charge in [-0.25, -0.2) is 19.6 Å². The van der Waals surface area contributed by atoms with Crippen LogP contribution in [0.5, 0.6) is 0 Å². The first-order chi connectivity index (χ1) is 30.1. The Morgan fingerprint density at radius 1 is 0.609 bits per heavy atom. The van der Waals surface area contributed by atoms with Gasteiger partial charge in [0.05, 0.1) is 35.9 Å². The first-order valence-corrected chi connectivity index (χ1v) is 22.9. The van der Waals surface area contributed by atoms with Crippen LogP contribution in [0.25, 0.3) is 33.6 Å². The molecule has 2 aromatic heterocycles.